The van der Waals surface area contributed by atoms with Crippen molar-refractivity contribution in [2.45, 2.75) is 31.6 Å². The molecule has 3 rings (SSSR count). The van der Waals surface area contributed by atoms with E-state index in [-0.39, 0.29) is 18.8 Å². The van der Waals surface area contributed by atoms with Crippen molar-refractivity contribution in [1.82, 2.24) is 4.90 Å². The molecule has 0 spiro atoms. The van der Waals surface area contributed by atoms with Crippen molar-refractivity contribution in [3.8, 4) is 11.5 Å². The predicted molar refractivity (Wildman–Crippen MR) is 86.8 cm³/mol. The Hall–Kier alpha value is -1.83. The van der Waals surface area contributed by atoms with Gasteiger partial charge in [-0.25, -0.2) is 0 Å². The molecular weight excluding hydrogens is 312 g/mol. The first-order valence-electron chi connectivity index (χ1n) is 8.23. The third-order valence-electron chi connectivity index (χ3n) is 4.33. The van der Waals surface area contributed by atoms with E-state index in [9.17, 15) is 4.79 Å². The maximum atomic E-state index is 12.8. The Morgan fingerprint density at radius 2 is 2.17 bits per heavy atom. The van der Waals surface area contributed by atoms with Crippen molar-refractivity contribution in [3.63, 3.8) is 0 Å². The number of nitrogens with two attached hydrogens (primary N) is 1. The van der Waals surface area contributed by atoms with Crippen LogP contribution in [0.4, 0.5) is 0 Å². The van der Waals surface area contributed by atoms with Gasteiger partial charge in [0.2, 0.25) is 6.79 Å². The topological polar surface area (TPSA) is 83.2 Å². The first kappa shape index (κ1) is 17.0. The zero-order valence-corrected chi connectivity index (χ0v) is 13.9. The van der Waals surface area contributed by atoms with Gasteiger partial charge in [-0.2, -0.15) is 0 Å². The summed E-state index contributed by atoms with van der Waals surface area (Å²) < 4.78 is 21.6. The molecule has 0 aromatic heterocycles. The van der Waals surface area contributed by atoms with E-state index < -0.39 is 6.10 Å². The molecule has 0 saturated carbocycles. The lowest BCUT2D eigenvalue weighted by molar-refractivity contribution is -0.144. The smallest absolute Gasteiger partial charge is 0.252 e. The molecule has 7 heteroatoms. The molecule has 1 amide bonds. The van der Waals surface area contributed by atoms with Gasteiger partial charge >= 0.3 is 0 Å². The molecule has 1 fully saturated rings. The maximum Gasteiger partial charge on any atom is 0.252 e. The normalized spacial score (nSPS) is 21.9. The summed E-state index contributed by atoms with van der Waals surface area (Å²) in [5.74, 6) is 1.44. The molecule has 2 aliphatic rings. The second kappa shape index (κ2) is 7.83. The Morgan fingerprint density at radius 3 is 2.92 bits per heavy atom. The Morgan fingerprint density at radius 1 is 1.33 bits per heavy atom. The number of hydrogen-bond donors (Lipinski definition) is 1. The Labute approximate surface area is 141 Å². The summed E-state index contributed by atoms with van der Waals surface area (Å²) in [6.45, 7) is 2.15. The van der Waals surface area contributed by atoms with Crippen molar-refractivity contribution in [1.29, 1.82) is 0 Å². The van der Waals surface area contributed by atoms with Crippen LogP contribution in [0.3, 0.4) is 0 Å². The van der Waals surface area contributed by atoms with Crippen LogP contribution in [0.1, 0.15) is 18.4 Å². The third kappa shape index (κ3) is 3.80. The first-order chi connectivity index (χ1) is 11.7. The Bertz CT molecular complexity index is 580. The lowest BCUT2D eigenvalue weighted by atomic mass is 10.1. The van der Waals surface area contributed by atoms with Gasteiger partial charge in [0.1, 0.15) is 6.10 Å². The number of methoxy groups -OCH3 is 1. The van der Waals surface area contributed by atoms with Crippen LogP contribution in [-0.4, -0.2) is 56.6 Å². The van der Waals surface area contributed by atoms with Crippen LogP contribution in [0.15, 0.2) is 18.2 Å². The number of carbonyl (C=O) groups is 1. The summed E-state index contributed by atoms with van der Waals surface area (Å²) in [6.07, 6.45) is 1.11. The number of carbonyl (C=O) groups excluding carboxylic acids is 1. The van der Waals surface area contributed by atoms with Gasteiger partial charge in [-0.3, -0.25) is 4.79 Å². The lowest BCUT2D eigenvalue weighted by Gasteiger charge is -2.25. The quantitative estimate of drug-likeness (QED) is 0.796. The van der Waals surface area contributed by atoms with Crippen molar-refractivity contribution in [2.24, 2.45) is 5.73 Å². The van der Waals surface area contributed by atoms with Crippen molar-refractivity contribution >= 4 is 5.91 Å². The molecule has 132 valence electrons. The number of amides is 1. The summed E-state index contributed by atoms with van der Waals surface area (Å²) in [5.41, 5.74) is 6.62. The van der Waals surface area contributed by atoms with Crippen LogP contribution >= 0.6 is 0 Å². The van der Waals surface area contributed by atoms with E-state index in [2.05, 4.69) is 0 Å². The molecule has 0 bridgehead atoms. The van der Waals surface area contributed by atoms with E-state index in [4.69, 9.17) is 24.7 Å². The van der Waals surface area contributed by atoms with Gasteiger partial charge in [-0.15, -0.1) is 0 Å². The zero-order valence-electron chi connectivity index (χ0n) is 13.9. The summed E-state index contributed by atoms with van der Waals surface area (Å²) >= 11 is 0. The number of benzene rings is 1. The first-order valence-corrected chi connectivity index (χ1v) is 8.23. The van der Waals surface area contributed by atoms with Gasteiger partial charge in [-0.1, -0.05) is 6.07 Å². The predicted octanol–water partition coefficient (Wildman–Crippen LogP) is 0.897. The Kier molecular flexibility index (Phi) is 5.55. The SMILES string of the molecule is COCCN(Cc1ccc2c(c1)OCO2)C(=O)[C@@H]1CC[C@H](CN)O1. The number of nitrogens with zero attached hydrogens (tertiary/aromatic N) is 1. The van der Waals surface area contributed by atoms with Gasteiger partial charge in [0, 0.05) is 26.7 Å². The van der Waals surface area contributed by atoms with Gasteiger partial charge in [0.15, 0.2) is 11.5 Å². The lowest BCUT2D eigenvalue weighted by Crippen LogP contribution is -2.41. The van der Waals surface area contributed by atoms with Gasteiger partial charge in [0.05, 0.1) is 12.7 Å². The van der Waals surface area contributed by atoms with Crippen LogP contribution in [-0.2, 0) is 20.8 Å². The highest BCUT2D eigenvalue weighted by Gasteiger charge is 2.33. The van der Waals surface area contributed by atoms with Crippen LogP contribution in [0.2, 0.25) is 0 Å². The van der Waals surface area contributed by atoms with Gasteiger partial charge in [-0.05, 0) is 30.5 Å². The molecule has 0 aliphatic carbocycles. The fraction of sp³-hybridized carbons (Fsp3) is 0.588. The second-order valence-electron chi connectivity index (χ2n) is 6.00. The fourth-order valence-electron chi connectivity index (χ4n) is 2.99. The molecule has 0 radical (unpaired) electrons. The second-order valence-corrected chi connectivity index (χ2v) is 6.00. The maximum absolute atomic E-state index is 12.8. The number of rotatable bonds is 7. The fourth-order valence-corrected chi connectivity index (χ4v) is 2.99. The van der Waals surface area contributed by atoms with Crippen molar-refractivity contribution in [2.75, 3.05) is 33.6 Å². The average molecular weight is 336 g/mol. The number of hydrogen-bond acceptors (Lipinski definition) is 6. The molecule has 2 atom stereocenters. The monoisotopic (exact) mass is 336 g/mol. The van der Waals surface area contributed by atoms with Crippen molar-refractivity contribution in [3.05, 3.63) is 23.8 Å². The highest BCUT2D eigenvalue weighted by atomic mass is 16.7. The molecule has 24 heavy (non-hydrogen) atoms. The van der Waals surface area contributed by atoms with E-state index in [1.165, 1.54) is 0 Å². The third-order valence-corrected chi connectivity index (χ3v) is 4.33. The van der Waals surface area contributed by atoms with Crippen LogP contribution in [0.25, 0.3) is 0 Å². The molecule has 1 saturated heterocycles. The van der Waals surface area contributed by atoms with E-state index >= 15 is 0 Å². The van der Waals surface area contributed by atoms with Crippen molar-refractivity contribution < 1.29 is 23.7 Å². The summed E-state index contributed by atoms with van der Waals surface area (Å²) in [6, 6.07) is 5.72. The standard InChI is InChI=1S/C17H24N2O5/c1-21-7-6-19(17(20)15-5-3-13(9-18)24-15)10-12-2-4-14-16(8-12)23-11-22-14/h2,4,8,13,15H,3,5-7,9-11,18H2,1H3/t13-,15+/m1/s1. The van der Waals surface area contributed by atoms with Gasteiger partial charge < -0.3 is 29.6 Å². The van der Waals surface area contributed by atoms with E-state index in [1.807, 2.05) is 18.2 Å². The molecule has 7 nitrogen and oxygen atoms in total. The largest absolute Gasteiger partial charge is 0.454 e. The summed E-state index contributed by atoms with van der Waals surface area (Å²) in [7, 11) is 1.62. The number of fused-ring (bicyclic) bond motifs is 1. The molecule has 1 aromatic rings. The summed E-state index contributed by atoms with van der Waals surface area (Å²) in [5, 5.41) is 0. The minimum absolute atomic E-state index is 0.0133. The van der Waals surface area contributed by atoms with E-state index in [1.54, 1.807) is 12.0 Å². The minimum atomic E-state index is -0.413. The van der Waals surface area contributed by atoms with Crippen LogP contribution in [0, 0.1) is 0 Å². The average Bonchev–Trinajstić information content (AvgIpc) is 3.26. The Balaban J connectivity index is 1.68. The summed E-state index contributed by atoms with van der Waals surface area (Å²) in [4.78, 5) is 14.6. The minimum Gasteiger partial charge on any atom is -0.454 e. The molecule has 2 aliphatic heterocycles. The molecule has 2 N–H and O–H groups in total. The van der Waals surface area contributed by atoms with Gasteiger partial charge in [0.25, 0.3) is 5.91 Å². The van der Waals surface area contributed by atoms with E-state index in [0.717, 1.165) is 17.7 Å². The molecular formula is C17H24N2O5. The molecule has 2 heterocycles. The number of ether oxygens (including phenoxy) is 4. The highest BCUT2D eigenvalue weighted by molar-refractivity contribution is 5.81. The van der Waals surface area contributed by atoms with Crippen LogP contribution in [0.5, 0.6) is 11.5 Å². The molecule has 1 aromatic carbocycles. The zero-order chi connectivity index (χ0) is 16.9. The highest BCUT2D eigenvalue weighted by Crippen LogP contribution is 2.33. The van der Waals surface area contributed by atoms with E-state index in [0.29, 0.717) is 38.4 Å². The van der Waals surface area contributed by atoms with Crippen LogP contribution < -0.4 is 15.2 Å². The molecule has 0 unspecified atom stereocenters.